The lowest BCUT2D eigenvalue weighted by atomic mass is 9.84. The highest BCUT2D eigenvalue weighted by Crippen LogP contribution is 2.57. The molecule has 0 saturated heterocycles. The largest absolute Gasteiger partial charge is 0.438 e. The van der Waals surface area contributed by atoms with Crippen LogP contribution in [0.2, 0.25) is 0 Å². The summed E-state index contributed by atoms with van der Waals surface area (Å²) in [6.07, 6.45) is 14.3. The quantitative estimate of drug-likeness (QED) is 0.151. The molecule has 47 heavy (non-hydrogen) atoms. The fourth-order valence-electron chi connectivity index (χ4n) is 5.97. The van der Waals surface area contributed by atoms with E-state index in [2.05, 4.69) is 61.0 Å². The summed E-state index contributed by atoms with van der Waals surface area (Å²) in [5.41, 5.74) is 3.00. The normalized spacial score (nSPS) is 16.7. The zero-order chi connectivity index (χ0) is 33.4. The van der Waals surface area contributed by atoms with Crippen molar-refractivity contribution in [2.24, 2.45) is 5.92 Å². The molecule has 1 unspecified atom stereocenters. The molecule has 4 aromatic rings. The Kier molecular flexibility index (Phi) is 11.4. The summed E-state index contributed by atoms with van der Waals surface area (Å²) in [6.45, 7) is 6.53. The van der Waals surface area contributed by atoms with Crippen molar-refractivity contribution in [3.63, 3.8) is 0 Å². The Balaban J connectivity index is 1.49. The van der Waals surface area contributed by atoms with E-state index in [1.807, 2.05) is 42.5 Å². The first-order valence-corrected chi connectivity index (χ1v) is 19.2. The van der Waals surface area contributed by atoms with Crippen LogP contribution in [0.1, 0.15) is 93.6 Å². The Bertz CT molecular complexity index is 1560. The monoisotopic (exact) mass is 658 g/mol. The zero-order valence-corrected chi connectivity index (χ0v) is 29.2. The number of aryl methyl sites for hydroxylation is 1. The maximum absolute atomic E-state index is 14.4. The van der Waals surface area contributed by atoms with E-state index in [1.54, 1.807) is 18.3 Å². The lowest BCUT2D eigenvalue weighted by Crippen LogP contribution is -2.52. The number of benzene rings is 2. The molecule has 0 spiro atoms. The summed E-state index contributed by atoms with van der Waals surface area (Å²) >= 11 is 0. The van der Waals surface area contributed by atoms with E-state index < -0.39 is 28.5 Å². The number of carbonyl (C=O) groups excluding carboxylic acids is 2. The summed E-state index contributed by atoms with van der Waals surface area (Å²) < 4.78 is 13.3. The van der Waals surface area contributed by atoms with Crippen LogP contribution in [0.5, 0.6) is 0 Å². The maximum Gasteiger partial charge on any atom is 0.253 e. The van der Waals surface area contributed by atoms with Crippen LogP contribution in [0.25, 0.3) is 11.1 Å². The predicted octanol–water partition coefficient (Wildman–Crippen LogP) is 7.94. The molecule has 3 atom stereocenters. The first kappa shape index (κ1) is 34.6. The smallest absolute Gasteiger partial charge is 0.253 e. The van der Waals surface area contributed by atoms with Crippen molar-refractivity contribution in [3.05, 3.63) is 96.1 Å². The van der Waals surface area contributed by atoms with Gasteiger partial charge in [0.15, 0.2) is 11.7 Å². The molecule has 2 heterocycles. The molecule has 0 aliphatic heterocycles. The number of nitrogens with zero attached hydrogens (tertiary/aromatic N) is 2. The van der Waals surface area contributed by atoms with Gasteiger partial charge in [-0.2, -0.15) is 0 Å². The number of nitrogens with one attached hydrogen (secondary N) is 2. The van der Waals surface area contributed by atoms with Gasteiger partial charge < -0.3 is 19.2 Å². The Morgan fingerprint density at radius 1 is 0.957 bits per heavy atom. The van der Waals surface area contributed by atoms with E-state index in [0.717, 1.165) is 36.8 Å². The highest BCUT2D eigenvalue weighted by molar-refractivity contribution is 8.29. The van der Waals surface area contributed by atoms with E-state index in [4.69, 9.17) is 13.6 Å². The third kappa shape index (κ3) is 9.23. The molecule has 2 N–H and O–H groups in total. The minimum absolute atomic E-state index is 0.146. The molecule has 1 aliphatic rings. The van der Waals surface area contributed by atoms with Crippen LogP contribution < -0.4 is 10.6 Å². The third-order valence-electron chi connectivity index (χ3n) is 9.49. The number of hydrogen-bond donors (Lipinski definition) is 2. The van der Waals surface area contributed by atoms with Crippen LogP contribution in [0.4, 0.5) is 0 Å². The summed E-state index contributed by atoms with van der Waals surface area (Å²) in [4.78, 5) is 36.8. The van der Waals surface area contributed by atoms with Crippen LogP contribution in [0.3, 0.4) is 0 Å². The third-order valence-corrected chi connectivity index (χ3v) is 13.1. The van der Waals surface area contributed by atoms with E-state index in [0.29, 0.717) is 42.2 Å². The molecule has 1 aliphatic carbocycles. The molecule has 2 aromatic heterocycles. The molecule has 252 valence electrons. The van der Waals surface area contributed by atoms with Crippen molar-refractivity contribution in [3.8, 4) is 0 Å². The van der Waals surface area contributed by atoms with E-state index >= 15 is 0 Å². The molecule has 1 saturated carbocycles. The van der Waals surface area contributed by atoms with Crippen molar-refractivity contribution in [1.29, 1.82) is 0 Å². The Labute approximate surface area is 281 Å². The van der Waals surface area contributed by atoms with Gasteiger partial charge in [-0.1, -0.05) is 95.3 Å². The minimum Gasteiger partial charge on any atom is -0.438 e. The highest BCUT2D eigenvalue weighted by Gasteiger charge is 2.39. The Hall–Kier alpha value is -3.69. The van der Waals surface area contributed by atoms with E-state index in [-0.39, 0.29) is 16.6 Å². The summed E-state index contributed by atoms with van der Waals surface area (Å²) in [5, 5.41) is 6.44. The topological polar surface area (TPSA) is 106 Å². The van der Waals surface area contributed by atoms with Crippen molar-refractivity contribution in [1.82, 2.24) is 20.6 Å². The molecule has 0 radical (unpaired) electrons. The second kappa shape index (κ2) is 15.5. The van der Waals surface area contributed by atoms with Crippen LogP contribution in [0.15, 0.2) is 83.5 Å². The molecular formula is C38H50N4O4S. The average Bonchev–Trinajstić information content (AvgIpc) is 3.50. The summed E-state index contributed by atoms with van der Waals surface area (Å²) in [7, 11) is -1.67. The number of hydrogen-bond acceptors (Lipinski definition) is 6. The lowest BCUT2D eigenvalue weighted by Gasteiger charge is -2.46. The molecule has 1 fully saturated rings. The molecule has 9 heteroatoms. The number of carbonyl (C=O) groups is 2. The number of fused-ring (bicyclic) bond motifs is 1. The van der Waals surface area contributed by atoms with Gasteiger partial charge in [-0.3, -0.25) is 14.6 Å². The first-order valence-electron chi connectivity index (χ1n) is 16.8. The van der Waals surface area contributed by atoms with Gasteiger partial charge in [0.2, 0.25) is 11.8 Å². The van der Waals surface area contributed by atoms with Crippen LogP contribution in [-0.2, 0) is 15.4 Å². The summed E-state index contributed by atoms with van der Waals surface area (Å²) in [6, 6.07) is 20.2. The number of aromatic nitrogens is 2. The lowest BCUT2D eigenvalue weighted by molar-refractivity contribution is -0.125. The Morgan fingerprint density at radius 3 is 2.36 bits per heavy atom. The van der Waals surface area contributed by atoms with Gasteiger partial charge in [0, 0.05) is 17.1 Å². The van der Waals surface area contributed by atoms with Gasteiger partial charge >= 0.3 is 0 Å². The minimum atomic E-state index is -1.67. The average molecular weight is 659 g/mol. The van der Waals surface area contributed by atoms with Gasteiger partial charge in [-0.25, -0.2) is 4.98 Å². The number of amides is 2. The summed E-state index contributed by atoms with van der Waals surface area (Å²) in [5.74, 6) is 0.279. The molecule has 5 rings (SSSR count). The number of rotatable bonds is 13. The van der Waals surface area contributed by atoms with E-state index in [9.17, 15) is 9.59 Å². The highest BCUT2D eigenvalue weighted by atomic mass is 32.3. The SMILES string of the molecule is CC(C)(C)S(C)(C)OC(c1nc2ccccc2o1)[C@H](CCc1ccccc1)NC(=O)[C@H](CC1CCCCC1)NC(=O)c1cccnc1. The van der Waals surface area contributed by atoms with Gasteiger partial charge in [0.25, 0.3) is 5.91 Å². The Morgan fingerprint density at radius 2 is 1.68 bits per heavy atom. The second-order valence-electron chi connectivity index (χ2n) is 14.0. The second-order valence-corrected chi connectivity index (χ2v) is 17.9. The van der Waals surface area contributed by atoms with Crippen molar-refractivity contribution in [2.45, 2.75) is 95.1 Å². The van der Waals surface area contributed by atoms with Crippen LogP contribution in [-0.4, -0.2) is 51.1 Å². The van der Waals surface area contributed by atoms with Crippen molar-refractivity contribution in [2.75, 3.05) is 12.5 Å². The molecule has 2 aromatic carbocycles. The van der Waals surface area contributed by atoms with Crippen LogP contribution >= 0.6 is 10.3 Å². The fourth-order valence-corrected chi connectivity index (χ4v) is 6.99. The maximum atomic E-state index is 14.4. The van der Waals surface area contributed by atoms with Gasteiger partial charge in [0.05, 0.1) is 11.6 Å². The number of pyridine rings is 1. The zero-order valence-electron chi connectivity index (χ0n) is 28.4. The molecular weight excluding hydrogens is 609 g/mol. The van der Waals surface area contributed by atoms with Crippen LogP contribution in [0, 0.1) is 5.92 Å². The van der Waals surface area contributed by atoms with Gasteiger partial charge in [-0.15, -0.1) is 10.3 Å². The van der Waals surface area contributed by atoms with Gasteiger partial charge in [-0.05, 0) is 67.5 Å². The van der Waals surface area contributed by atoms with E-state index in [1.165, 1.54) is 12.6 Å². The van der Waals surface area contributed by atoms with Crippen molar-refractivity contribution < 1.29 is 18.2 Å². The van der Waals surface area contributed by atoms with Gasteiger partial charge in [0.1, 0.15) is 11.6 Å². The molecule has 2 amide bonds. The number of para-hydroxylation sites is 2. The fraction of sp³-hybridized carbons (Fsp3) is 0.474. The molecule has 0 bridgehead atoms. The first-order chi connectivity index (χ1) is 22.5. The predicted molar refractivity (Wildman–Crippen MR) is 190 cm³/mol. The molecule has 8 nitrogen and oxygen atoms in total. The standard InChI is InChI=1S/C38H50N4O4S/c1-38(2,3)47(4,5)46-34(37-42-30-20-12-13-21-33(30)45-37)31(23-22-27-15-8-6-9-16-27)40-36(44)32(25-28-17-10-7-11-18-28)41-35(43)29-19-14-24-39-26-29/h6,8-9,12-16,19-21,24,26,28,31-32,34H,7,10-11,17-18,22-23,25H2,1-5H3,(H,40,44)(H,41,43)/t31-,32-,34?/m0/s1. The van der Waals surface area contributed by atoms with Crippen molar-refractivity contribution >= 4 is 33.2 Å². The number of oxazole rings is 1.